The van der Waals surface area contributed by atoms with Gasteiger partial charge in [0.2, 0.25) is 5.91 Å². The summed E-state index contributed by atoms with van der Waals surface area (Å²) in [6.07, 6.45) is 3.17. The van der Waals surface area contributed by atoms with Crippen molar-refractivity contribution in [3.05, 3.63) is 59.1 Å². The molecule has 22 heavy (non-hydrogen) atoms. The molecular formula is C17H16ClNO3. The first-order chi connectivity index (χ1) is 10.6. The van der Waals surface area contributed by atoms with Crippen molar-refractivity contribution >= 4 is 29.3 Å². The van der Waals surface area contributed by atoms with Crippen molar-refractivity contribution in [1.29, 1.82) is 0 Å². The Morgan fingerprint density at radius 2 is 1.73 bits per heavy atom. The predicted molar refractivity (Wildman–Crippen MR) is 88.7 cm³/mol. The third-order valence-corrected chi connectivity index (χ3v) is 3.20. The van der Waals surface area contributed by atoms with Crippen molar-refractivity contribution in [2.75, 3.05) is 19.5 Å². The molecule has 0 fully saturated rings. The molecule has 2 aromatic carbocycles. The highest BCUT2D eigenvalue weighted by atomic mass is 35.5. The Morgan fingerprint density at radius 1 is 1.05 bits per heavy atom. The van der Waals surface area contributed by atoms with Gasteiger partial charge in [-0.2, -0.15) is 0 Å². The van der Waals surface area contributed by atoms with Crippen molar-refractivity contribution in [3.8, 4) is 11.5 Å². The zero-order chi connectivity index (χ0) is 15.9. The Kier molecular flexibility index (Phi) is 5.44. The number of carbonyl (C=O) groups is 1. The molecule has 1 amide bonds. The molecule has 1 N–H and O–H groups in total. The third-order valence-electron chi connectivity index (χ3n) is 2.95. The quantitative estimate of drug-likeness (QED) is 0.848. The van der Waals surface area contributed by atoms with Crippen LogP contribution in [0.1, 0.15) is 5.56 Å². The van der Waals surface area contributed by atoms with E-state index in [1.807, 2.05) is 12.1 Å². The molecule has 114 valence electrons. The zero-order valence-electron chi connectivity index (χ0n) is 12.3. The van der Waals surface area contributed by atoms with Gasteiger partial charge in [0.1, 0.15) is 0 Å². The molecular weight excluding hydrogens is 302 g/mol. The molecule has 4 nitrogen and oxygen atoms in total. The molecule has 0 aromatic heterocycles. The second-order valence-electron chi connectivity index (χ2n) is 4.44. The number of amides is 1. The van der Waals surface area contributed by atoms with Crippen LogP contribution < -0.4 is 14.8 Å². The van der Waals surface area contributed by atoms with Crippen LogP contribution in [0.2, 0.25) is 5.02 Å². The number of anilines is 1. The summed E-state index contributed by atoms with van der Waals surface area (Å²) in [5, 5.41) is 3.42. The van der Waals surface area contributed by atoms with Gasteiger partial charge in [-0.25, -0.2) is 0 Å². The standard InChI is InChI=1S/C17H16ClNO3/c1-21-15-9-8-14(11-16(15)22-2)19-17(20)10-5-12-3-6-13(18)7-4-12/h3-11H,1-2H3,(H,19,20). The van der Waals surface area contributed by atoms with E-state index >= 15 is 0 Å². The predicted octanol–water partition coefficient (Wildman–Crippen LogP) is 4.01. The van der Waals surface area contributed by atoms with Crippen molar-refractivity contribution in [2.45, 2.75) is 0 Å². The van der Waals surface area contributed by atoms with Crippen LogP contribution in [0.5, 0.6) is 11.5 Å². The van der Waals surface area contributed by atoms with Crippen molar-refractivity contribution in [3.63, 3.8) is 0 Å². The average Bonchev–Trinajstić information content (AvgIpc) is 2.54. The van der Waals surface area contributed by atoms with Gasteiger partial charge in [-0.1, -0.05) is 23.7 Å². The molecule has 0 aliphatic rings. The Labute approximate surface area is 134 Å². The van der Waals surface area contributed by atoms with Crippen molar-refractivity contribution in [2.24, 2.45) is 0 Å². The van der Waals surface area contributed by atoms with Gasteiger partial charge in [-0.05, 0) is 35.9 Å². The fraction of sp³-hybridized carbons (Fsp3) is 0.118. The first kappa shape index (κ1) is 15.9. The van der Waals surface area contributed by atoms with Crippen LogP contribution in [0.4, 0.5) is 5.69 Å². The maximum atomic E-state index is 11.9. The molecule has 0 bridgehead atoms. The van der Waals surface area contributed by atoms with E-state index in [4.69, 9.17) is 21.1 Å². The summed E-state index contributed by atoms with van der Waals surface area (Å²) in [6, 6.07) is 12.4. The molecule has 0 atom stereocenters. The fourth-order valence-corrected chi connectivity index (χ4v) is 1.97. The number of rotatable bonds is 5. The maximum absolute atomic E-state index is 11.9. The normalized spacial score (nSPS) is 10.5. The van der Waals surface area contributed by atoms with E-state index in [-0.39, 0.29) is 5.91 Å². The minimum absolute atomic E-state index is 0.234. The molecule has 0 radical (unpaired) electrons. The Morgan fingerprint density at radius 3 is 2.36 bits per heavy atom. The summed E-state index contributed by atoms with van der Waals surface area (Å²) in [5.74, 6) is 0.932. The number of methoxy groups -OCH3 is 2. The Hall–Kier alpha value is -2.46. The van der Waals surface area contributed by atoms with E-state index in [0.717, 1.165) is 5.56 Å². The minimum atomic E-state index is -0.234. The lowest BCUT2D eigenvalue weighted by molar-refractivity contribution is -0.111. The van der Waals surface area contributed by atoms with Crippen LogP contribution in [0.25, 0.3) is 6.08 Å². The fourth-order valence-electron chi connectivity index (χ4n) is 1.84. The molecule has 0 aliphatic carbocycles. The molecule has 5 heteroatoms. The summed E-state index contributed by atoms with van der Waals surface area (Å²) in [7, 11) is 3.11. The van der Waals surface area contributed by atoms with Gasteiger partial charge in [0.05, 0.1) is 14.2 Å². The van der Waals surface area contributed by atoms with Crippen LogP contribution in [-0.4, -0.2) is 20.1 Å². The number of halogens is 1. The number of nitrogens with one attached hydrogen (secondary N) is 1. The molecule has 0 saturated heterocycles. The van der Waals surface area contributed by atoms with Gasteiger partial charge in [0.25, 0.3) is 0 Å². The Bertz CT molecular complexity index is 681. The highest BCUT2D eigenvalue weighted by Gasteiger charge is 2.05. The summed E-state index contributed by atoms with van der Waals surface area (Å²) < 4.78 is 10.3. The zero-order valence-corrected chi connectivity index (χ0v) is 13.1. The molecule has 2 rings (SSSR count). The third kappa shape index (κ3) is 4.27. The van der Waals surface area contributed by atoms with Crippen molar-refractivity contribution in [1.82, 2.24) is 0 Å². The van der Waals surface area contributed by atoms with E-state index in [0.29, 0.717) is 22.2 Å². The lowest BCUT2D eigenvalue weighted by Gasteiger charge is -2.09. The Balaban J connectivity index is 2.04. The largest absolute Gasteiger partial charge is 0.493 e. The molecule has 0 heterocycles. The first-order valence-electron chi connectivity index (χ1n) is 6.59. The highest BCUT2D eigenvalue weighted by molar-refractivity contribution is 6.30. The lowest BCUT2D eigenvalue weighted by atomic mass is 10.2. The smallest absolute Gasteiger partial charge is 0.248 e. The van der Waals surface area contributed by atoms with Crippen molar-refractivity contribution < 1.29 is 14.3 Å². The van der Waals surface area contributed by atoms with E-state index in [1.165, 1.54) is 6.08 Å². The molecule has 0 unspecified atom stereocenters. The average molecular weight is 318 g/mol. The van der Waals surface area contributed by atoms with Crippen LogP contribution in [0.15, 0.2) is 48.5 Å². The van der Waals surface area contributed by atoms with Crippen LogP contribution in [-0.2, 0) is 4.79 Å². The summed E-state index contributed by atoms with van der Waals surface area (Å²) >= 11 is 5.81. The summed E-state index contributed by atoms with van der Waals surface area (Å²) in [4.78, 5) is 11.9. The lowest BCUT2D eigenvalue weighted by Crippen LogP contribution is -2.07. The maximum Gasteiger partial charge on any atom is 0.248 e. The van der Waals surface area contributed by atoms with E-state index in [2.05, 4.69) is 5.32 Å². The molecule has 0 aliphatic heterocycles. The van der Waals surface area contributed by atoms with E-state index in [1.54, 1.807) is 50.6 Å². The number of carbonyl (C=O) groups excluding carboxylic acids is 1. The number of benzene rings is 2. The van der Waals surface area contributed by atoms with Gasteiger partial charge in [-0.3, -0.25) is 4.79 Å². The van der Waals surface area contributed by atoms with Crippen LogP contribution in [0.3, 0.4) is 0 Å². The highest BCUT2D eigenvalue weighted by Crippen LogP contribution is 2.29. The number of hydrogen-bond donors (Lipinski definition) is 1. The second-order valence-corrected chi connectivity index (χ2v) is 4.88. The molecule has 0 saturated carbocycles. The number of ether oxygens (including phenoxy) is 2. The molecule has 0 spiro atoms. The topological polar surface area (TPSA) is 47.6 Å². The van der Waals surface area contributed by atoms with Gasteiger partial charge in [0, 0.05) is 22.9 Å². The second kappa shape index (κ2) is 7.52. The van der Waals surface area contributed by atoms with Crippen LogP contribution in [0, 0.1) is 0 Å². The SMILES string of the molecule is COc1ccc(NC(=O)C=Cc2ccc(Cl)cc2)cc1OC. The van der Waals surface area contributed by atoms with E-state index in [9.17, 15) is 4.79 Å². The van der Waals surface area contributed by atoms with Crippen LogP contribution >= 0.6 is 11.6 Å². The summed E-state index contributed by atoms with van der Waals surface area (Å²) in [5.41, 5.74) is 1.52. The monoisotopic (exact) mass is 317 g/mol. The summed E-state index contributed by atoms with van der Waals surface area (Å²) in [6.45, 7) is 0. The molecule has 2 aromatic rings. The van der Waals surface area contributed by atoms with Gasteiger partial charge in [-0.15, -0.1) is 0 Å². The minimum Gasteiger partial charge on any atom is -0.493 e. The van der Waals surface area contributed by atoms with Gasteiger partial charge in [0.15, 0.2) is 11.5 Å². The van der Waals surface area contributed by atoms with Gasteiger partial charge < -0.3 is 14.8 Å². The number of hydrogen-bond acceptors (Lipinski definition) is 3. The van der Waals surface area contributed by atoms with E-state index < -0.39 is 0 Å². The van der Waals surface area contributed by atoms with Gasteiger partial charge >= 0.3 is 0 Å². The first-order valence-corrected chi connectivity index (χ1v) is 6.97.